The number of carbonyl (C=O) groups is 1. The van der Waals surface area contributed by atoms with E-state index in [9.17, 15) is 4.79 Å². The van der Waals surface area contributed by atoms with Gasteiger partial charge in [-0.15, -0.1) is 0 Å². The Morgan fingerprint density at radius 2 is 1.84 bits per heavy atom. The van der Waals surface area contributed by atoms with Gasteiger partial charge in [0.15, 0.2) is 0 Å². The van der Waals surface area contributed by atoms with Crippen LogP contribution < -0.4 is 0 Å². The second kappa shape index (κ2) is 12.1. The van der Waals surface area contributed by atoms with Gasteiger partial charge in [0.05, 0.1) is 12.7 Å². The van der Waals surface area contributed by atoms with Gasteiger partial charge in [0.1, 0.15) is 0 Å². The number of hydrogen-bond donors (Lipinski definition) is 0. The van der Waals surface area contributed by atoms with Crippen LogP contribution in [0, 0.1) is 46.3 Å². The zero-order valence-electron chi connectivity index (χ0n) is 25.5. The van der Waals surface area contributed by atoms with Crippen molar-refractivity contribution < 1.29 is 9.53 Å². The molecule has 0 aromatic heterocycles. The number of nitrogens with zero attached hydrogens (tertiary/aromatic N) is 1. The average molecular weight is 514 g/mol. The van der Waals surface area contributed by atoms with Gasteiger partial charge >= 0.3 is 0 Å². The molecule has 0 radical (unpaired) electrons. The molecule has 37 heavy (non-hydrogen) atoms. The fourth-order valence-corrected chi connectivity index (χ4v) is 9.82. The number of fused-ring (bicyclic) bond motifs is 5. The Hall–Kier alpha value is -0.830. The van der Waals surface area contributed by atoms with E-state index in [2.05, 4.69) is 47.6 Å². The summed E-state index contributed by atoms with van der Waals surface area (Å²) >= 11 is 0. The lowest BCUT2D eigenvalue weighted by Crippen LogP contribution is -2.51. The number of carbonyl (C=O) groups excluding carboxylic acids is 1. The molecule has 0 spiro atoms. The molecular formula is C34H59NO2. The van der Waals surface area contributed by atoms with Crippen LogP contribution in [0.1, 0.15) is 126 Å². The molecule has 1 unspecified atom stereocenters. The van der Waals surface area contributed by atoms with E-state index >= 15 is 0 Å². The molecule has 0 aromatic rings. The third kappa shape index (κ3) is 6.02. The van der Waals surface area contributed by atoms with Crippen LogP contribution in [0.3, 0.4) is 0 Å². The molecule has 4 aliphatic carbocycles. The highest BCUT2D eigenvalue weighted by molar-refractivity contribution is 5.73. The molecule has 4 rings (SSSR count). The van der Waals surface area contributed by atoms with Crippen molar-refractivity contribution >= 4 is 5.91 Å². The number of amides is 1. The Kier molecular flexibility index (Phi) is 9.56. The lowest BCUT2D eigenvalue weighted by molar-refractivity contribution is -0.130. The molecule has 3 heteroatoms. The predicted octanol–water partition coefficient (Wildman–Crippen LogP) is 8.67. The topological polar surface area (TPSA) is 29.5 Å². The van der Waals surface area contributed by atoms with Gasteiger partial charge < -0.3 is 9.64 Å². The first-order valence-electron chi connectivity index (χ1n) is 16.2. The Labute approximate surface area is 229 Å². The average Bonchev–Trinajstić information content (AvgIpc) is 3.20. The van der Waals surface area contributed by atoms with E-state index in [1.807, 2.05) is 4.90 Å². The molecule has 3 fully saturated rings. The number of rotatable bonds is 11. The first-order chi connectivity index (χ1) is 17.6. The summed E-state index contributed by atoms with van der Waals surface area (Å²) in [5.74, 6) is 5.55. The molecular weight excluding hydrogens is 454 g/mol. The van der Waals surface area contributed by atoms with Crippen LogP contribution >= 0.6 is 0 Å². The molecule has 212 valence electrons. The molecule has 0 saturated heterocycles. The van der Waals surface area contributed by atoms with E-state index in [0.29, 0.717) is 23.5 Å². The third-order valence-corrected chi connectivity index (χ3v) is 11.9. The fourth-order valence-electron chi connectivity index (χ4n) is 9.82. The number of ether oxygens (including phenoxy) is 1. The molecule has 8 atom stereocenters. The summed E-state index contributed by atoms with van der Waals surface area (Å²) in [4.78, 5) is 13.8. The Balaban J connectivity index is 1.36. The van der Waals surface area contributed by atoms with Gasteiger partial charge in [0, 0.05) is 20.0 Å². The SMILES string of the molecule is CCCN(CCOC1CC[C@@]2(C)C(=CC[C@H]3[C@@H]4CC[C@H]([C@H](C)CCCC(C)C)[C@@]4(C)CC[C@@H]32)C1)C(C)=O. The van der Waals surface area contributed by atoms with Crippen molar-refractivity contribution in [2.24, 2.45) is 46.3 Å². The molecule has 3 saturated carbocycles. The van der Waals surface area contributed by atoms with Gasteiger partial charge in [-0.1, -0.05) is 72.5 Å². The third-order valence-electron chi connectivity index (χ3n) is 11.9. The standard InChI is InChI=1S/C34H59NO2/c1-8-20-35(26(5)36)21-22-37-28-16-18-33(6)27(23-28)12-13-29-31-15-14-30(25(4)11-9-10-24(2)3)34(31,7)19-17-32(29)33/h12,24-25,28-32H,8-11,13-23H2,1-7H3/t25-,28?,29+,30-,31+,32+,33+,34-/m1/s1. The fraction of sp³-hybridized carbons (Fsp3) is 0.912. The molecule has 0 N–H and O–H groups in total. The second-order valence-electron chi connectivity index (χ2n) is 14.5. The molecule has 0 heterocycles. The van der Waals surface area contributed by atoms with E-state index in [1.54, 1.807) is 12.5 Å². The van der Waals surface area contributed by atoms with E-state index in [1.165, 1.54) is 64.2 Å². The molecule has 1 amide bonds. The normalized spacial score (nSPS) is 37.9. The summed E-state index contributed by atoms with van der Waals surface area (Å²) in [6.45, 7) is 18.7. The van der Waals surface area contributed by atoms with Crippen molar-refractivity contribution in [3.63, 3.8) is 0 Å². The van der Waals surface area contributed by atoms with Crippen LogP contribution in [0.4, 0.5) is 0 Å². The first-order valence-corrected chi connectivity index (χ1v) is 16.2. The summed E-state index contributed by atoms with van der Waals surface area (Å²) < 4.78 is 6.38. The highest BCUT2D eigenvalue weighted by Crippen LogP contribution is 2.67. The summed E-state index contributed by atoms with van der Waals surface area (Å²) in [5.41, 5.74) is 2.67. The van der Waals surface area contributed by atoms with Crippen molar-refractivity contribution in [2.45, 2.75) is 132 Å². The van der Waals surface area contributed by atoms with Gasteiger partial charge in [-0.3, -0.25) is 4.79 Å². The molecule has 0 aromatic carbocycles. The van der Waals surface area contributed by atoms with Crippen molar-refractivity contribution in [3.05, 3.63) is 11.6 Å². The van der Waals surface area contributed by atoms with Crippen LogP contribution in [-0.4, -0.2) is 36.6 Å². The Morgan fingerprint density at radius 1 is 1.05 bits per heavy atom. The van der Waals surface area contributed by atoms with E-state index in [-0.39, 0.29) is 5.91 Å². The molecule has 0 aliphatic heterocycles. The predicted molar refractivity (Wildman–Crippen MR) is 155 cm³/mol. The zero-order valence-corrected chi connectivity index (χ0v) is 25.5. The Morgan fingerprint density at radius 3 is 2.54 bits per heavy atom. The van der Waals surface area contributed by atoms with Crippen molar-refractivity contribution in [1.82, 2.24) is 4.90 Å². The molecule has 3 nitrogen and oxygen atoms in total. The number of hydrogen-bond acceptors (Lipinski definition) is 2. The second-order valence-corrected chi connectivity index (χ2v) is 14.5. The van der Waals surface area contributed by atoms with Gasteiger partial charge in [0.2, 0.25) is 5.91 Å². The zero-order chi connectivity index (χ0) is 26.8. The van der Waals surface area contributed by atoms with Crippen molar-refractivity contribution in [2.75, 3.05) is 19.7 Å². The quantitative estimate of drug-likeness (QED) is 0.259. The van der Waals surface area contributed by atoms with E-state index in [4.69, 9.17) is 4.74 Å². The molecule has 4 aliphatic rings. The Bertz CT molecular complexity index is 804. The van der Waals surface area contributed by atoms with E-state index < -0.39 is 0 Å². The van der Waals surface area contributed by atoms with Crippen LogP contribution in [0.5, 0.6) is 0 Å². The van der Waals surface area contributed by atoms with Gasteiger partial charge in [-0.25, -0.2) is 0 Å². The van der Waals surface area contributed by atoms with E-state index in [0.717, 1.165) is 61.4 Å². The van der Waals surface area contributed by atoms with Crippen molar-refractivity contribution in [3.8, 4) is 0 Å². The van der Waals surface area contributed by atoms with Gasteiger partial charge in [-0.05, 0) is 104 Å². The van der Waals surface area contributed by atoms with Crippen LogP contribution in [0.2, 0.25) is 0 Å². The monoisotopic (exact) mass is 513 g/mol. The minimum atomic E-state index is 0.172. The maximum atomic E-state index is 11.9. The smallest absolute Gasteiger partial charge is 0.219 e. The lowest BCUT2D eigenvalue weighted by atomic mass is 9.47. The number of allylic oxidation sites excluding steroid dienone is 1. The highest BCUT2D eigenvalue weighted by Gasteiger charge is 2.59. The lowest BCUT2D eigenvalue weighted by Gasteiger charge is -2.58. The minimum Gasteiger partial charge on any atom is -0.376 e. The summed E-state index contributed by atoms with van der Waals surface area (Å²) in [6.07, 6.45) is 19.0. The van der Waals surface area contributed by atoms with Crippen LogP contribution in [0.25, 0.3) is 0 Å². The largest absolute Gasteiger partial charge is 0.376 e. The summed E-state index contributed by atoms with van der Waals surface area (Å²) in [7, 11) is 0. The van der Waals surface area contributed by atoms with Crippen LogP contribution in [-0.2, 0) is 9.53 Å². The molecule has 0 bridgehead atoms. The minimum absolute atomic E-state index is 0.172. The maximum Gasteiger partial charge on any atom is 0.219 e. The maximum absolute atomic E-state index is 11.9. The van der Waals surface area contributed by atoms with Gasteiger partial charge in [-0.2, -0.15) is 0 Å². The highest BCUT2D eigenvalue weighted by atomic mass is 16.5. The first kappa shape index (κ1) is 29.2. The van der Waals surface area contributed by atoms with Crippen LogP contribution in [0.15, 0.2) is 11.6 Å². The van der Waals surface area contributed by atoms with Gasteiger partial charge in [0.25, 0.3) is 0 Å². The summed E-state index contributed by atoms with van der Waals surface area (Å²) in [6, 6.07) is 0. The summed E-state index contributed by atoms with van der Waals surface area (Å²) in [5, 5.41) is 0. The van der Waals surface area contributed by atoms with Crippen molar-refractivity contribution in [1.29, 1.82) is 0 Å².